The van der Waals surface area contributed by atoms with Gasteiger partial charge in [-0.1, -0.05) is 81.7 Å². The van der Waals surface area contributed by atoms with Gasteiger partial charge in [-0.05, 0) is 30.2 Å². The summed E-state index contributed by atoms with van der Waals surface area (Å²) in [7, 11) is 0. The van der Waals surface area contributed by atoms with Crippen LogP contribution in [0.4, 0.5) is 0 Å². The van der Waals surface area contributed by atoms with Crippen molar-refractivity contribution in [1.29, 1.82) is 0 Å². The first-order chi connectivity index (χ1) is 12.4. The first kappa shape index (κ1) is 17.5. The molecule has 0 radical (unpaired) electrons. The molecule has 4 rings (SSSR count). The molecule has 0 bridgehead atoms. The molecule has 2 atom stereocenters. The summed E-state index contributed by atoms with van der Waals surface area (Å²) in [6.07, 6.45) is 14.5. The maximum atomic E-state index is 4.14. The average molecular weight is 341 g/mol. The van der Waals surface area contributed by atoms with Crippen LogP contribution in [0.3, 0.4) is 0 Å². The number of nitrogens with one attached hydrogen (secondary N) is 1. The van der Waals surface area contributed by atoms with E-state index in [4.69, 9.17) is 0 Å². The minimum Gasteiger partial charge on any atom is -0.310 e. The van der Waals surface area contributed by atoms with Crippen LogP contribution in [-0.2, 0) is 6.54 Å². The molecule has 1 saturated heterocycles. The Morgan fingerprint density at radius 2 is 1.48 bits per heavy atom. The van der Waals surface area contributed by atoms with Crippen molar-refractivity contribution in [3.05, 3.63) is 35.9 Å². The van der Waals surface area contributed by atoms with Crippen LogP contribution in [0.2, 0.25) is 0 Å². The Hall–Kier alpha value is -0.860. The van der Waals surface area contributed by atoms with Crippen LogP contribution >= 0.6 is 0 Å². The molecule has 1 aliphatic heterocycles. The van der Waals surface area contributed by atoms with E-state index >= 15 is 0 Å². The molecular weight excluding hydrogens is 304 g/mol. The first-order valence-corrected chi connectivity index (χ1v) is 10.9. The fraction of sp³-hybridized carbons (Fsp3) is 0.739. The van der Waals surface area contributed by atoms with Crippen LogP contribution in [0.15, 0.2) is 30.3 Å². The lowest BCUT2D eigenvalue weighted by Gasteiger charge is -2.34. The maximum absolute atomic E-state index is 4.14. The Balaban J connectivity index is 1.41. The van der Waals surface area contributed by atoms with Gasteiger partial charge in [-0.15, -0.1) is 0 Å². The van der Waals surface area contributed by atoms with Crippen molar-refractivity contribution in [2.24, 2.45) is 11.8 Å². The van der Waals surface area contributed by atoms with Crippen LogP contribution in [-0.4, -0.2) is 30.1 Å². The molecule has 1 heterocycles. The zero-order valence-electron chi connectivity index (χ0n) is 15.8. The second-order valence-electron chi connectivity index (χ2n) is 8.85. The van der Waals surface area contributed by atoms with Crippen molar-refractivity contribution >= 4 is 0 Å². The van der Waals surface area contributed by atoms with E-state index in [-0.39, 0.29) is 0 Å². The van der Waals surface area contributed by atoms with Crippen molar-refractivity contribution in [2.45, 2.75) is 82.8 Å². The summed E-state index contributed by atoms with van der Waals surface area (Å²) in [6, 6.07) is 12.6. The van der Waals surface area contributed by atoms with Gasteiger partial charge in [-0.2, -0.15) is 0 Å². The molecule has 2 heteroatoms. The van der Waals surface area contributed by atoms with Gasteiger partial charge in [0.25, 0.3) is 0 Å². The molecule has 1 aromatic rings. The summed E-state index contributed by atoms with van der Waals surface area (Å²) in [5, 5.41) is 4.14. The molecular formula is C23H36N2. The van der Waals surface area contributed by atoms with Crippen LogP contribution < -0.4 is 5.32 Å². The van der Waals surface area contributed by atoms with Gasteiger partial charge in [0, 0.05) is 31.7 Å². The Labute approximate surface area is 154 Å². The lowest BCUT2D eigenvalue weighted by Crippen LogP contribution is -2.45. The lowest BCUT2D eigenvalue weighted by molar-refractivity contribution is 0.206. The molecule has 0 amide bonds. The Morgan fingerprint density at radius 1 is 0.800 bits per heavy atom. The van der Waals surface area contributed by atoms with Crippen LogP contribution in [0.25, 0.3) is 0 Å². The zero-order chi connectivity index (χ0) is 16.9. The predicted molar refractivity (Wildman–Crippen MR) is 106 cm³/mol. The molecule has 2 nitrogen and oxygen atoms in total. The number of rotatable bonds is 5. The van der Waals surface area contributed by atoms with E-state index < -0.39 is 0 Å². The van der Waals surface area contributed by atoms with Crippen molar-refractivity contribution in [3.8, 4) is 0 Å². The van der Waals surface area contributed by atoms with E-state index in [2.05, 4.69) is 40.5 Å². The first-order valence-electron chi connectivity index (χ1n) is 10.9. The van der Waals surface area contributed by atoms with Crippen LogP contribution in [0, 0.1) is 11.8 Å². The van der Waals surface area contributed by atoms with Crippen molar-refractivity contribution in [3.63, 3.8) is 0 Å². The molecule has 0 spiro atoms. The highest BCUT2D eigenvalue weighted by Crippen LogP contribution is 2.36. The van der Waals surface area contributed by atoms with Gasteiger partial charge in [0.1, 0.15) is 0 Å². The Morgan fingerprint density at radius 3 is 2.20 bits per heavy atom. The second kappa shape index (κ2) is 8.68. The summed E-state index contributed by atoms with van der Waals surface area (Å²) in [5.41, 5.74) is 1.48. The second-order valence-corrected chi connectivity index (χ2v) is 8.85. The zero-order valence-corrected chi connectivity index (χ0v) is 15.8. The third-order valence-electron chi connectivity index (χ3n) is 7.00. The molecule has 2 aliphatic carbocycles. The summed E-state index contributed by atoms with van der Waals surface area (Å²) >= 11 is 0. The van der Waals surface area contributed by atoms with Gasteiger partial charge in [0.15, 0.2) is 0 Å². The highest BCUT2D eigenvalue weighted by atomic mass is 15.2. The van der Waals surface area contributed by atoms with E-state index in [0.717, 1.165) is 30.5 Å². The van der Waals surface area contributed by atoms with Gasteiger partial charge < -0.3 is 5.32 Å². The molecule has 1 N–H and O–H groups in total. The minimum atomic E-state index is 0.731. The number of hydrogen-bond donors (Lipinski definition) is 1. The molecule has 3 aliphatic rings. The number of nitrogens with zero attached hydrogens (tertiary/aromatic N) is 1. The molecule has 25 heavy (non-hydrogen) atoms. The van der Waals surface area contributed by atoms with Crippen LogP contribution in [0.5, 0.6) is 0 Å². The molecule has 138 valence electrons. The molecule has 0 aromatic heterocycles. The molecule has 0 unspecified atom stereocenters. The largest absolute Gasteiger partial charge is 0.310 e. The van der Waals surface area contributed by atoms with E-state index in [1.54, 1.807) is 0 Å². The van der Waals surface area contributed by atoms with Crippen molar-refractivity contribution in [2.75, 3.05) is 13.1 Å². The smallest absolute Gasteiger partial charge is 0.0240 e. The SMILES string of the molecule is c1ccc(CN2C[C@@H](NC3CCCCC3)[C@H](C3CCCCC3)C2)cc1. The van der Waals surface area contributed by atoms with Gasteiger partial charge in [-0.25, -0.2) is 0 Å². The van der Waals surface area contributed by atoms with E-state index in [1.807, 2.05) is 0 Å². The number of benzene rings is 1. The van der Waals surface area contributed by atoms with Gasteiger partial charge in [-0.3, -0.25) is 4.90 Å². The van der Waals surface area contributed by atoms with E-state index in [1.165, 1.54) is 82.9 Å². The highest BCUT2D eigenvalue weighted by molar-refractivity contribution is 5.15. The topological polar surface area (TPSA) is 15.3 Å². The van der Waals surface area contributed by atoms with Crippen LogP contribution in [0.1, 0.15) is 69.8 Å². The molecule has 3 fully saturated rings. The third-order valence-corrected chi connectivity index (χ3v) is 7.00. The predicted octanol–water partition coefficient (Wildman–Crippen LogP) is 4.99. The third kappa shape index (κ3) is 4.65. The van der Waals surface area contributed by atoms with Crippen molar-refractivity contribution in [1.82, 2.24) is 10.2 Å². The minimum absolute atomic E-state index is 0.731. The number of likely N-dealkylation sites (tertiary alicyclic amines) is 1. The van der Waals surface area contributed by atoms with E-state index in [0.29, 0.717) is 0 Å². The quantitative estimate of drug-likeness (QED) is 0.812. The normalized spacial score (nSPS) is 29.9. The summed E-state index contributed by atoms with van der Waals surface area (Å²) < 4.78 is 0. The fourth-order valence-electron chi connectivity index (χ4n) is 5.67. The lowest BCUT2D eigenvalue weighted by atomic mass is 9.77. The Bertz CT molecular complexity index is 502. The van der Waals surface area contributed by atoms with Gasteiger partial charge in [0.05, 0.1) is 0 Å². The summed E-state index contributed by atoms with van der Waals surface area (Å²) in [4.78, 5) is 2.73. The fourth-order valence-corrected chi connectivity index (χ4v) is 5.67. The monoisotopic (exact) mass is 340 g/mol. The molecule has 1 aromatic carbocycles. The van der Waals surface area contributed by atoms with Gasteiger partial charge >= 0.3 is 0 Å². The summed E-state index contributed by atoms with van der Waals surface area (Å²) in [5.74, 6) is 1.85. The molecule has 2 saturated carbocycles. The average Bonchev–Trinajstić information content (AvgIpc) is 3.06. The maximum Gasteiger partial charge on any atom is 0.0240 e. The standard InChI is InChI=1S/C23H36N2/c1-4-10-19(11-5-1)16-25-17-22(20-12-6-2-7-13-20)23(18-25)24-21-14-8-3-9-15-21/h1,4-5,10-11,20-24H,2-3,6-9,12-18H2/t22-,23+/m0/s1. The van der Waals surface area contributed by atoms with Gasteiger partial charge in [0.2, 0.25) is 0 Å². The van der Waals surface area contributed by atoms with E-state index in [9.17, 15) is 0 Å². The Kier molecular flexibility index (Phi) is 6.10. The van der Waals surface area contributed by atoms with Crippen molar-refractivity contribution < 1.29 is 0 Å². The number of hydrogen-bond acceptors (Lipinski definition) is 2. The highest BCUT2D eigenvalue weighted by Gasteiger charge is 2.38. The summed E-state index contributed by atoms with van der Waals surface area (Å²) in [6.45, 7) is 3.70.